The lowest BCUT2D eigenvalue weighted by atomic mass is 9.73. The van der Waals surface area contributed by atoms with Crippen molar-refractivity contribution in [3.8, 4) is 5.75 Å². The van der Waals surface area contributed by atoms with E-state index in [0.29, 0.717) is 6.61 Å². The summed E-state index contributed by atoms with van der Waals surface area (Å²) in [6.07, 6.45) is 3.93. The zero-order chi connectivity index (χ0) is 19.5. The zero-order valence-electron chi connectivity index (χ0n) is 17.0. The van der Waals surface area contributed by atoms with Gasteiger partial charge in [-0.3, -0.25) is 4.90 Å². The van der Waals surface area contributed by atoms with Crippen LogP contribution in [0.25, 0.3) is 0 Å². The summed E-state index contributed by atoms with van der Waals surface area (Å²) in [4.78, 5) is 2.48. The first kappa shape index (κ1) is 19.4. The molecule has 0 radical (unpaired) electrons. The van der Waals surface area contributed by atoms with Gasteiger partial charge in [0.25, 0.3) is 0 Å². The molecule has 1 saturated carbocycles. The van der Waals surface area contributed by atoms with Gasteiger partial charge >= 0.3 is 0 Å². The van der Waals surface area contributed by atoms with Gasteiger partial charge in [0.15, 0.2) is 5.79 Å². The highest BCUT2D eigenvalue weighted by atomic mass is 16.7. The number of hydrogen-bond donors (Lipinski definition) is 0. The molecule has 28 heavy (non-hydrogen) atoms. The Kier molecular flexibility index (Phi) is 5.72. The topological polar surface area (TPSA) is 30.9 Å². The van der Waals surface area contributed by atoms with Gasteiger partial charge in [0.2, 0.25) is 0 Å². The largest absolute Gasteiger partial charge is 0.489 e. The minimum Gasteiger partial charge on any atom is -0.489 e. The molecule has 2 fully saturated rings. The summed E-state index contributed by atoms with van der Waals surface area (Å²) >= 11 is 0. The molecule has 2 aromatic carbocycles. The van der Waals surface area contributed by atoms with Crippen LogP contribution in [0, 0.1) is 0 Å². The molecule has 4 heteroatoms. The van der Waals surface area contributed by atoms with E-state index in [4.69, 9.17) is 14.2 Å². The monoisotopic (exact) mass is 381 g/mol. The second-order valence-electron chi connectivity index (χ2n) is 7.96. The number of nitrogens with zero attached hydrogens (tertiary/aromatic N) is 1. The standard InChI is InChI=1S/C24H31NO3/c1-3-25(2)23(12-14-24(15-13-23)27-16-17-28-24)21-10-7-11-22(18-21)26-19-20-8-5-4-6-9-20/h4-11,18H,3,12-17,19H2,1-2H3. The first-order valence-electron chi connectivity index (χ1n) is 10.4. The molecule has 1 aliphatic carbocycles. The number of benzene rings is 2. The van der Waals surface area contributed by atoms with Crippen molar-refractivity contribution in [3.63, 3.8) is 0 Å². The maximum Gasteiger partial charge on any atom is 0.168 e. The molecule has 0 N–H and O–H groups in total. The van der Waals surface area contributed by atoms with E-state index in [-0.39, 0.29) is 11.3 Å². The van der Waals surface area contributed by atoms with Crippen LogP contribution in [-0.2, 0) is 21.6 Å². The third kappa shape index (κ3) is 3.82. The molecular formula is C24H31NO3. The number of rotatable bonds is 6. The highest BCUT2D eigenvalue weighted by Crippen LogP contribution is 2.48. The molecule has 4 rings (SSSR count). The van der Waals surface area contributed by atoms with Crippen molar-refractivity contribution in [2.24, 2.45) is 0 Å². The van der Waals surface area contributed by atoms with Gasteiger partial charge in [0.1, 0.15) is 12.4 Å². The Morgan fingerprint density at radius 1 is 0.929 bits per heavy atom. The lowest BCUT2D eigenvalue weighted by Crippen LogP contribution is -2.50. The molecule has 0 atom stereocenters. The normalized spacial score (nSPS) is 20.5. The summed E-state index contributed by atoms with van der Waals surface area (Å²) in [7, 11) is 2.23. The Balaban J connectivity index is 1.54. The van der Waals surface area contributed by atoms with Crippen LogP contribution in [0.15, 0.2) is 54.6 Å². The average Bonchev–Trinajstić information content (AvgIpc) is 3.21. The van der Waals surface area contributed by atoms with Crippen LogP contribution < -0.4 is 4.74 Å². The lowest BCUT2D eigenvalue weighted by molar-refractivity contribution is -0.194. The highest BCUT2D eigenvalue weighted by Gasteiger charge is 2.48. The predicted octanol–water partition coefficient (Wildman–Crippen LogP) is 4.73. The van der Waals surface area contributed by atoms with E-state index in [2.05, 4.69) is 55.3 Å². The van der Waals surface area contributed by atoms with E-state index in [1.54, 1.807) is 0 Å². The molecule has 0 bridgehead atoms. The molecule has 1 spiro atoms. The van der Waals surface area contributed by atoms with Gasteiger partial charge < -0.3 is 14.2 Å². The predicted molar refractivity (Wildman–Crippen MR) is 110 cm³/mol. The van der Waals surface area contributed by atoms with E-state index in [1.165, 1.54) is 11.1 Å². The summed E-state index contributed by atoms with van der Waals surface area (Å²) in [6.45, 7) is 5.26. The van der Waals surface area contributed by atoms with E-state index >= 15 is 0 Å². The lowest BCUT2D eigenvalue weighted by Gasteiger charge is -2.49. The minimum absolute atomic E-state index is 0.00142. The Hall–Kier alpha value is -1.88. The van der Waals surface area contributed by atoms with Gasteiger partial charge in [-0.2, -0.15) is 0 Å². The zero-order valence-corrected chi connectivity index (χ0v) is 17.0. The van der Waals surface area contributed by atoms with Gasteiger partial charge in [-0.1, -0.05) is 49.4 Å². The maximum absolute atomic E-state index is 6.11. The molecule has 1 heterocycles. The van der Waals surface area contributed by atoms with Crippen LogP contribution in [0.2, 0.25) is 0 Å². The Bertz CT molecular complexity index is 760. The second kappa shape index (κ2) is 8.24. The molecule has 2 aromatic rings. The summed E-state index contributed by atoms with van der Waals surface area (Å²) in [5.41, 5.74) is 2.51. The Morgan fingerprint density at radius 2 is 1.64 bits per heavy atom. The van der Waals surface area contributed by atoms with Crippen molar-refractivity contribution >= 4 is 0 Å². The molecule has 150 valence electrons. The van der Waals surface area contributed by atoms with Gasteiger partial charge in [-0.25, -0.2) is 0 Å². The quantitative estimate of drug-likeness (QED) is 0.724. The van der Waals surface area contributed by atoms with Crippen LogP contribution in [0.5, 0.6) is 5.75 Å². The van der Waals surface area contributed by atoms with Crippen LogP contribution in [0.4, 0.5) is 0 Å². The molecule has 1 saturated heterocycles. The SMILES string of the molecule is CCN(C)C1(c2cccc(OCc3ccccc3)c2)CCC2(CC1)OCCO2. The summed E-state index contributed by atoms with van der Waals surface area (Å²) in [5, 5.41) is 0. The van der Waals surface area contributed by atoms with Crippen molar-refractivity contribution in [1.82, 2.24) is 4.90 Å². The van der Waals surface area contributed by atoms with Crippen LogP contribution in [0.3, 0.4) is 0 Å². The van der Waals surface area contributed by atoms with E-state index in [0.717, 1.165) is 51.2 Å². The molecule has 1 aliphatic heterocycles. The summed E-state index contributed by atoms with van der Waals surface area (Å²) in [5.74, 6) is 0.582. The first-order valence-corrected chi connectivity index (χ1v) is 10.4. The van der Waals surface area contributed by atoms with Crippen molar-refractivity contribution in [2.75, 3.05) is 26.8 Å². The molecule has 0 aromatic heterocycles. The van der Waals surface area contributed by atoms with Crippen LogP contribution >= 0.6 is 0 Å². The van der Waals surface area contributed by atoms with Crippen molar-refractivity contribution < 1.29 is 14.2 Å². The van der Waals surface area contributed by atoms with Crippen LogP contribution in [0.1, 0.15) is 43.7 Å². The molecule has 2 aliphatic rings. The second-order valence-corrected chi connectivity index (χ2v) is 7.96. The Labute approximate surface area is 168 Å². The fourth-order valence-corrected chi connectivity index (χ4v) is 4.64. The highest BCUT2D eigenvalue weighted by molar-refractivity contribution is 5.34. The smallest absolute Gasteiger partial charge is 0.168 e. The van der Waals surface area contributed by atoms with E-state index in [1.807, 2.05) is 18.2 Å². The maximum atomic E-state index is 6.11. The third-order valence-corrected chi connectivity index (χ3v) is 6.48. The van der Waals surface area contributed by atoms with Gasteiger partial charge in [-0.15, -0.1) is 0 Å². The number of hydrogen-bond acceptors (Lipinski definition) is 4. The summed E-state index contributed by atoms with van der Waals surface area (Å²) in [6, 6.07) is 19.0. The first-order chi connectivity index (χ1) is 13.7. The van der Waals surface area contributed by atoms with Gasteiger partial charge in [-0.05, 0) is 49.7 Å². The average molecular weight is 382 g/mol. The van der Waals surface area contributed by atoms with Crippen molar-refractivity contribution in [2.45, 2.75) is 50.5 Å². The molecular weight excluding hydrogens is 350 g/mol. The minimum atomic E-state index is -0.348. The Morgan fingerprint density at radius 3 is 2.32 bits per heavy atom. The van der Waals surface area contributed by atoms with E-state index < -0.39 is 0 Å². The van der Waals surface area contributed by atoms with Gasteiger partial charge in [0, 0.05) is 18.4 Å². The molecule has 0 unspecified atom stereocenters. The third-order valence-electron chi connectivity index (χ3n) is 6.48. The number of ether oxygens (including phenoxy) is 3. The van der Waals surface area contributed by atoms with E-state index in [9.17, 15) is 0 Å². The van der Waals surface area contributed by atoms with Crippen molar-refractivity contribution in [3.05, 3.63) is 65.7 Å². The molecule has 4 nitrogen and oxygen atoms in total. The fourth-order valence-electron chi connectivity index (χ4n) is 4.64. The summed E-state index contributed by atoms with van der Waals surface area (Å²) < 4.78 is 18.0. The fraction of sp³-hybridized carbons (Fsp3) is 0.500. The van der Waals surface area contributed by atoms with Crippen LogP contribution in [-0.4, -0.2) is 37.5 Å². The van der Waals surface area contributed by atoms with Gasteiger partial charge in [0.05, 0.1) is 13.2 Å². The van der Waals surface area contributed by atoms with Crippen molar-refractivity contribution in [1.29, 1.82) is 0 Å². The molecule has 0 amide bonds.